The molecule has 2 N–H and O–H groups in total. The summed E-state index contributed by atoms with van der Waals surface area (Å²) >= 11 is 0. The quantitative estimate of drug-likeness (QED) is 0.744. The van der Waals surface area contributed by atoms with Gasteiger partial charge in [-0.25, -0.2) is 0 Å². The van der Waals surface area contributed by atoms with E-state index in [9.17, 15) is 0 Å². The van der Waals surface area contributed by atoms with Crippen LogP contribution in [-0.2, 0) is 0 Å². The van der Waals surface area contributed by atoms with E-state index < -0.39 is 0 Å². The van der Waals surface area contributed by atoms with Gasteiger partial charge in [-0.15, -0.1) is 0 Å². The minimum Gasteiger partial charge on any atom is -0.327 e. The van der Waals surface area contributed by atoms with Gasteiger partial charge in [0, 0.05) is 25.2 Å². The first-order valence-electron chi connectivity index (χ1n) is 6.63. The third kappa shape index (κ3) is 4.81. The lowest BCUT2D eigenvalue weighted by Crippen LogP contribution is -2.44. The first-order valence-corrected chi connectivity index (χ1v) is 6.63. The highest BCUT2D eigenvalue weighted by molar-refractivity contribution is 4.83. The van der Waals surface area contributed by atoms with Crippen LogP contribution in [-0.4, -0.2) is 55.6 Å². The lowest BCUT2D eigenvalue weighted by atomic mass is 10.0. The molecular weight excluding hydrogens is 198 g/mol. The molecule has 0 saturated carbocycles. The highest BCUT2D eigenvalue weighted by Crippen LogP contribution is 2.18. The van der Waals surface area contributed by atoms with E-state index in [4.69, 9.17) is 5.73 Å². The lowest BCUT2D eigenvalue weighted by molar-refractivity contribution is 0.192. The molecule has 0 aromatic heterocycles. The van der Waals surface area contributed by atoms with Gasteiger partial charge in [0.25, 0.3) is 0 Å². The molecule has 16 heavy (non-hydrogen) atoms. The van der Waals surface area contributed by atoms with E-state index in [1.807, 2.05) is 0 Å². The van der Waals surface area contributed by atoms with Crippen molar-refractivity contribution in [2.24, 2.45) is 11.7 Å². The van der Waals surface area contributed by atoms with Gasteiger partial charge in [-0.3, -0.25) is 4.90 Å². The van der Waals surface area contributed by atoms with Gasteiger partial charge in [-0.05, 0) is 45.8 Å². The molecule has 96 valence electrons. The van der Waals surface area contributed by atoms with Crippen LogP contribution in [0.15, 0.2) is 0 Å². The highest BCUT2D eigenvalue weighted by atomic mass is 15.2. The average Bonchev–Trinajstić information content (AvgIpc) is 2.50. The van der Waals surface area contributed by atoms with Crippen molar-refractivity contribution < 1.29 is 0 Å². The molecule has 0 amide bonds. The number of likely N-dealkylation sites (tertiary alicyclic amines) is 1. The molecule has 0 radical (unpaired) electrons. The van der Waals surface area contributed by atoms with Gasteiger partial charge in [-0.2, -0.15) is 0 Å². The van der Waals surface area contributed by atoms with Gasteiger partial charge in [0.05, 0.1) is 0 Å². The average molecular weight is 227 g/mol. The van der Waals surface area contributed by atoms with Crippen LogP contribution in [0.5, 0.6) is 0 Å². The fourth-order valence-electron chi connectivity index (χ4n) is 2.75. The van der Waals surface area contributed by atoms with Crippen LogP contribution in [0.2, 0.25) is 0 Å². The monoisotopic (exact) mass is 227 g/mol. The summed E-state index contributed by atoms with van der Waals surface area (Å²) in [7, 11) is 4.31. The van der Waals surface area contributed by atoms with E-state index in [1.54, 1.807) is 0 Å². The van der Waals surface area contributed by atoms with Crippen LogP contribution in [0.4, 0.5) is 0 Å². The maximum Gasteiger partial charge on any atom is 0.0224 e. The third-order valence-corrected chi connectivity index (χ3v) is 3.32. The summed E-state index contributed by atoms with van der Waals surface area (Å²) in [5.74, 6) is 0.713. The van der Waals surface area contributed by atoms with E-state index in [0.29, 0.717) is 12.0 Å². The fraction of sp³-hybridized carbons (Fsp3) is 1.00. The molecule has 0 aromatic carbocycles. The van der Waals surface area contributed by atoms with Crippen molar-refractivity contribution in [3.05, 3.63) is 0 Å². The zero-order valence-corrected chi connectivity index (χ0v) is 11.4. The van der Waals surface area contributed by atoms with Crippen molar-refractivity contribution in [2.75, 3.05) is 33.7 Å². The molecule has 1 aliphatic heterocycles. The highest BCUT2D eigenvalue weighted by Gasteiger charge is 2.26. The van der Waals surface area contributed by atoms with Crippen LogP contribution in [0.3, 0.4) is 0 Å². The Hall–Kier alpha value is -0.120. The van der Waals surface area contributed by atoms with Crippen molar-refractivity contribution in [1.82, 2.24) is 9.80 Å². The predicted molar refractivity (Wildman–Crippen MR) is 70.6 cm³/mol. The second kappa shape index (κ2) is 6.58. The summed E-state index contributed by atoms with van der Waals surface area (Å²) < 4.78 is 0. The summed E-state index contributed by atoms with van der Waals surface area (Å²) in [5.41, 5.74) is 6.19. The second-order valence-electron chi connectivity index (χ2n) is 5.94. The molecule has 1 heterocycles. The van der Waals surface area contributed by atoms with E-state index >= 15 is 0 Å². The van der Waals surface area contributed by atoms with Crippen molar-refractivity contribution in [3.63, 3.8) is 0 Å². The Balaban J connectivity index is 2.34. The van der Waals surface area contributed by atoms with Crippen LogP contribution < -0.4 is 5.73 Å². The smallest absolute Gasteiger partial charge is 0.0224 e. The molecule has 0 bridgehead atoms. The summed E-state index contributed by atoms with van der Waals surface area (Å²) in [5, 5.41) is 0. The molecule has 0 aromatic rings. The number of nitrogens with two attached hydrogens (primary N) is 1. The number of rotatable bonds is 6. The van der Waals surface area contributed by atoms with Gasteiger partial charge >= 0.3 is 0 Å². The Bertz CT molecular complexity index is 192. The Kier molecular flexibility index (Phi) is 5.73. The van der Waals surface area contributed by atoms with Gasteiger partial charge in [0.2, 0.25) is 0 Å². The van der Waals surface area contributed by atoms with Crippen LogP contribution >= 0.6 is 0 Å². The van der Waals surface area contributed by atoms with Gasteiger partial charge < -0.3 is 10.6 Å². The maximum atomic E-state index is 6.19. The van der Waals surface area contributed by atoms with Crippen molar-refractivity contribution >= 4 is 0 Å². The molecule has 2 unspecified atom stereocenters. The molecule has 1 fully saturated rings. The van der Waals surface area contributed by atoms with Crippen molar-refractivity contribution in [3.8, 4) is 0 Å². The van der Waals surface area contributed by atoms with Gasteiger partial charge in [0.15, 0.2) is 0 Å². The first-order chi connectivity index (χ1) is 7.49. The molecule has 0 spiro atoms. The minimum atomic E-state index is 0.350. The largest absolute Gasteiger partial charge is 0.327 e. The SMILES string of the molecule is CC(C)CC(N)CN1CCCC1CN(C)C. The van der Waals surface area contributed by atoms with Crippen LogP contribution in [0.1, 0.15) is 33.1 Å². The number of likely N-dealkylation sites (N-methyl/N-ethyl adjacent to an activating group) is 1. The standard InChI is InChI=1S/C13H29N3/c1-11(2)8-12(14)9-16-7-5-6-13(16)10-15(3)4/h11-13H,5-10,14H2,1-4H3. The molecular formula is C13H29N3. The molecule has 3 nitrogen and oxygen atoms in total. The van der Waals surface area contributed by atoms with Crippen molar-refractivity contribution in [2.45, 2.75) is 45.2 Å². The van der Waals surface area contributed by atoms with Gasteiger partial charge in [0.1, 0.15) is 0 Å². The summed E-state index contributed by atoms with van der Waals surface area (Å²) in [6.07, 6.45) is 3.82. The first kappa shape index (κ1) is 13.9. The summed E-state index contributed by atoms with van der Waals surface area (Å²) in [4.78, 5) is 4.88. The molecule has 0 aliphatic carbocycles. The van der Waals surface area contributed by atoms with Crippen molar-refractivity contribution in [1.29, 1.82) is 0 Å². The Morgan fingerprint density at radius 1 is 1.38 bits per heavy atom. The molecule has 2 atom stereocenters. The van der Waals surface area contributed by atoms with E-state index in [0.717, 1.165) is 19.0 Å². The number of nitrogens with zero attached hydrogens (tertiary/aromatic N) is 2. The maximum absolute atomic E-state index is 6.19. The lowest BCUT2D eigenvalue weighted by Gasteiger charge is -2.29. The number of hydrogen-bond donors (Lipinski definition) is 1. The Morgan fingerprint density at radius 3 is 2.62 bits per heavy atom. The predicted octanol–water partition coefficient (Wildman–Crippen LogP) is 1.39. The molecule has 1 aliphatic rings. The third-order valence-electron chi connectivity index (χ3n) is 3.32. The fourth-order valence-corrected chi connectivity index (χ4v) is 2.75. The van der Waals surface area contributed by atoms with Crippen LogP contribution in [0.25, 0.3) is 0 Å². The van der Waals surface area contributed by atoms with E-state index in [1.165, 1.54) is 25.9 Å². The molecule has 1 saturated heterocycles. The zero-order chi connectivity index (χ0) is 12.1. The normalized spacial score (nSPS) is 24.6. The summed E-state index contributed by atoms with van der Waals surface area (Å²) in [6, 6.07) is 1.08. The van der Waals surface area contributed by atoms with E-state index in [2.05, 4.69) is 37.7 Å². The number of hydrogen-bond acceptors (Lipinski definition) is 3. The molecule has 1 rings (SSSR count). The van der Waals surface area contributed by atoms with Gasteiger partial charge in [-0.1, -0.05) is 13.8 Å². The Labute approximate surface area is 101 Å². The topological polar surface area (TPSA) is 32.5 Å². The Morgan fingerprint density at radius 2 is 2.06 bits per heavy atom. The minimum absolute atomic E-state index is 0.350. The van der Waals surface area contributed by atoms with E-state index in [-0.39, 0.29) is 0 Å². The zero-order valence-electron chi connectivity index (χ0n) is 11.4. The second-order valence-corrected chi connectivity index (χ2v) is 5.94. The summed E-state index contributed by atoms with van der Waals surface area (Å²) in [6.45, 7) is 8.00. The molecule has 3 heteroatoms. The van der Waals surface area contributed by atoms with Crippen LogP contribution in [0, 0.1) is 5.92 Å².